The van der Waals surface area contributed by atoms with Crippen LogP contribution in [0.1, 0.15) is 40.6 Å². The number of carboxylic acids is 1. The van der Waals surface area contributed by atoms with E-state index in [1.807, 2.05) is 0 Å². The Morgan fingerprint density at radius 2 is 2.33 bits per heavy atom. The molecule has 2 N–H and O–H groups in total. The van der Waals surface area contributed by atoms with E-state index in [4.69, 9.17) is 5.11 Å². The quantitative estimate of drug-likeness (QED) is 0.809. The summed E-state index contributed by atoms with van der Waals surface area (Å²) in [7, 11) is 0. The molecule has 0 aromatic carbocycles. The maximum absolute atomic E-state index is 10.8. The second-order valence-electron chi connectivity index (χ2n) is 3.52. The first-order valence-corrected chi connectivity index (χ1v) is 5.79. The van der Waals surface area contributed by atoms with Crippen LogP contribution in [0.3, 0.4) is 0 Å². The SMILES string of the molecule is CCC(C)NCc1nc(C)c(C(=O)O)s1. The number of rotatable bonds is 5. The lowest BCUT2D eigenvalue weighted by molar-refractivity contribution is 0.0701. The van der Waals surface area contributed by atoms with Gasteiger partial charge < -0.3 is 10.4 Å². The molecule has 0 aliphatic rings. The van der Waals surface area contributed by atoms with Crippen LogP contribution in [0.4, 0.5) is 0 Å². The van der Waals surface area contributed by atoms with Crippen molar-refractivity contribution in [3.05, 3.63) is 15.6 Å². The van der Waals surface area contributed by atoms with Gasteiger partial charge in [0.25, 0.3) is 0 Å². The number of hydrogen-bond acceptors (Lipinski definition) is 4. The molecule has 5 heteroatoms. The molecule has 0 saturated heterocycles. The molecule has 0 saturated carbocycles. The number of aryl methyl sites for hydroxylation is 1. The van der Waals surface area contributed by atoms with Gasteiger partial charge in [0.1, 0.15) is 9.88 Å². The molecule has 84 valence electrons. The Balaban J connectivity index is 2.63. The standard InChI is InChI=1S/C10H16N2O2S/c1-4-6(2)11-5-8-12-7(3)9(15-8)10(13)14/h6,11H,4-5H2,1-3H3,(H,13,14). The Hall–Kier alpha value is -0.940. The third-order valence-electron chi connectivity index (χ3n) is 2.25. The van der Waals surface area contributed by atoms with Crippen molar-refractivity contribution >= 4 is 17.3 Å². The Kier molecular flexibility index (Phi) is 4.23. The number of nitrogens with zero attached hydrogens (tertiary/aromatic N) is 1. The lowest BCUT2D eigenvalue weighted by Gasteiger charge is -2.08. The lowest BCUT2D eigenvalue weighted by Crippen LogP contribution is -2.24. The average Bonchev–Trinajstić information content (AvgIpc) is 2.56. The van der Waals surface area contributed by atoms with Crippen molar-refractivity contribution in [3.8, 4) is 0 Å². The van der Waals surface area contributed by atoms with E-state index >= 15 is 0 Å². The normalized spacial score (nSPS) is 12.7. The van der Waals surface area contributed by atoms with Crippen LogP contribution in [-0.4, -0.2) is 22.1 Å². The lowest BCUT2D eigenvalue weighted by atomic mass is 10.3. The summed E-state index contributed by atoms with van der Waals surface area (Å²) in [6.45, 7) is 6.58. The zero-order chi connectivity index (χ0) is 11.4. The third-order valence-corrected chi connectivity index (χ3v) is 3.39. The third kappa shape index (κ3) is 3.28. The molecule has 0 spiro atoms. The Morgan fingerprint density at radius 3 is 2.80 bits per heavy atom. The van der Waals surface area contributed by atoms with Crippen LogP contribution in [0.15, 0.2) is 0 Å². The molecule has 1 atom stereocenters. The van der Waals surface area contributed by atoms with Crippen molar-refractivity contribution in [3.63, 3.8) is 0 Å². The van der Waals surface area contributed by atoms with Gasteiger partial charge in [-0.1, -0.05) is 6.92 Å². The summed E-state index contributed by atoms with van der Waals surface area (Å²) in [5.41, 5.74) is 0.605. The van der Waals surface area contributed by atoms with Gasteiger partial charge >= 0.3 is 5.97 Å². The predicted molar refractivity (Wildman–Crippen MR) is 60.4 cm³/mol. The highest BCUT2D eigenvalue weighted by molar-refractivity contribution is 7.13. The van der Waals surface area contributed by atoms with Crippen molar-refractivity contribution in [2.75, 3.05) is 0 Å². The fourth-order valence-corrected chi connectivity index (χ4v) is 1.99. The highest BCUT2D eigenvalue weighted by Crippen LogP contribution is 2.17. The minimum absolute atomic E-state index is 0.343. The second-order valence-corrected chi connectivity index (χ2v) is 4.60. The number of nitrogens with one attached hydrogen (secondary N) is 1. The highest BCUT2D eigenvalue weighted by atomic mass is 32.1. The summed E-state index contributed by atoms with van der Waals surface area (Å²) >= 11 is 1.25. The molecule has 4 nitrogen and oxygen atoms in total. The van der Waals surface area contributed by atoms with E-state index in [2.05, 4.69) is 24.1 Å². The first kappa shape index (κ1) is 12.1. The maximum atomic E-state index is 10.8. The number of aromatic nitrogens is 1. The van der Waals surface area contributed by atoms with Crippen LogP contribution in [0.25, 0.3) is 0 Å². The first-order valence-electron chi connectivity index (χ1n) is 4.97. The van der Waals surface area contributed by atoms with Gasteiger partial charge in [-0.05, 0) is 20.3 Å². The monoisotopic (exact) mass is 228 g/mol. The molecule has 1 aromatic rings. The van der Waals surface area contributed by atoms with Gasteiger partial charge in [-0.2, -0.15) is 0 Å². The van der Waals surface area contributed by atoms with Crippen molar-refractivity contribution in [1.29, 1.82) is 0 Å². The number of hydrogen-bond donors (Lipinski definition) is 2. The summed E-state index contributed by atoms with van der Waals surface area (Å²) in [6, 6.07) is 0.433. The summed E-state index contributed by atoms with van der Waals surface area (Å²) in [6.07, 6.45) is 1.05. The molecule has 0 aliphatic heterocycles. The topological polar surface area (TPSA) is 62.2 Å². The van der Waals surface area contributed by atoms with Crippen LogP contribution in [0.5, 0.6) is 0 Å². The van der Waals surface area contributed by atoms with Crippen LogP contribution < -0.4 is 5.32 Å². The highest BCUT2D eigenvalue weighted by Gasteiger charge is 2.13. The molecular formula is C10H16N2O2S. The molecule has 1 unspecified atom stereocenters. The molecule has 1 heterocycles. The average molecular weight is 228 g/mol. The fourth-order valence-electron chi connectivity index (χ4n) is 1.13. The van der Waals surface area contributed by atoms with E-state index in [-0.39, 0.29) is 0 Å². The van der Waals surface area contributed by atoms with Gasteiger partial charge in [0.15, 0.2) is 0 Å². The summed E-state index contributed by atoms with van der Waals surface area (Å²) in [4.78, 5) is 15.3. The van der Waals surface area contributed by atoms with Gasteiger partial charge in [0.05, 0.1) is 5.69 Å². The minimum atomic E-state index is -0.889. The van der Waals surface area contributed by atoms with E-state index in [9.17, 15) is 4.79 Å². The minimum Gasteiger partial charge on any atom is -0.477 e. The summed E-state index contributed by atoms with van der Waals surface area (Å²) in [5, 5.41) is 13.0. The zero-order valence-electron chi connectivity index (χ0n) is 9.20. The van der Waals surface area contributed by atoms with Gasteiger partial charge in [0, 0.05) is 12.6 Å². The molecule has 0 bridgehead atoms. The predicted octanol–water partition coefficient (Wildman–Crippen LogP) is 2.04. The van der Waals surface area contributed by atoms with E-state index in [1.54, 1.807) is 6.92 Å². The smallest absolute Gasteiger partial charge is 0.347 e. The Labute approximate surface area is 93.4 Å². The number of thiazole rings is 1. The number of carboxylic acid groups (broad SMARTS) is 1. The van der Waals surface area contributed by atoms with Crippen molar-refractivity contribution in [2.45, 2.75) is 39.8 Å². The van der Waals surface area contributed by atoms with Gasteiger partial charge in [0.2, 0.25) is 0 Å². The molecule has 15 heavy (non-hydrogen) atoms. The van der Waals surface area contributed by atoms with Gasteiger partial charge in [-0.25, -0.2) is 9.78 Å². The molecule has 0 radical (unpaired) electrons. The van der Waals surface area contributed by atoms with Gasteiger partial charge in [-0.3, -0.25) is 0 Å². The Bertz CT molecular complexity index is 349. The van der Waals surface area contributed by atoms with E-state index < -0.39 is 5.97 Å². The maximum Gasteiger partial charge on any atom is 0.347 e. The first-order chi connectivity index (χ1) is 7.04. The van der Waals surface area contributed by atoms with Crippen molar-refractivity contribution < 1.29 is 9.90 Å². The largest absolute Gasteiger partial charge is 0.477 e. The molecule has 1 aromatic heterocycles. The Morgan fingerprint density at radius 1 is 1.67 bits per heavy atom. The van der Waals surface area contributed by atoms with Crippen molar-refractivity contribution in [1.82, 2.24) is 10.3 Å². The van der Waals surface area contributed by atoms with E-state index in [1.165, 1.54) is 11.3 Å². The molecule has 1 rings (SSSR count). The van der Waals surface area contributed by atoms with Gasteiger partial charge in [-0.15, -0.1) is 11.3 Å². The van der Waals surface area contributed by atoms with E-state index in [0.717, 1.165) is 11.4 Å². The summed E-state index contributed by atoms with van der Waals surface area (Å²) in [5.74, 6) is -0.889. The van der Waals surface area contributed by atoms with E-state index in [0.29, 0.717) is 23.2 Å². The van der Waals surface area contributed by atoms with Crippen LogP contribution >= 0.6 is 11.3 Å². The van der Waals surface area contributed by atoms with Crippen LogP contribution in [0.2, 0.25) is 0 Å². The summed E-state index contributed by atoms with van der Waals surface area (Å²) < 4.78 is 0. The second kappa shape index (κ2) is 5.23. The van der Waals surface area contributed by atoms with Crippen molar-refractivity contribution in [2.24, 2.45) is 0 Å². The molecule has 0 aliphatic carbocycles. The molecular weight excluding hydrogens is 212 g/mol. The fraction of sp³-hybridized carbons (Fsp3) is 0.600. The van der Waals surface area contributed by atoms with Crippen LogP contribution in [0, 0.1) is 6.92 Å². The molecule has 0 amide bonds. The number of carbonyl (C=O) groups is 1. The number of aromatic carboxylic acids is 1. The zero-order valence-corrected chi connectivity index (χ0v) is 10.0. The van der Waals surface area contributed by atoms with Crippen LogP contribution in [-0.2, 0) is 6.54 Å². The molecule has 0 fully saturated rings.